The van der Waals surface area contributed by atoms with Crippen LogP contribution in [0.3, 0.4) is 0 Å². The van der Waals surface area contributed by atoms with Crippen molar-refractivity contribution in [2.24, 2.45) is 5.41 Å². The molecule has 1 spiro atoms. The number of nitrogens with one attached hydrogen (secondary N) is 1. The van der Waals surface area contributed by atoms with Gasteiger partial charge in [0.15, 0.2) is 0 Å². The number of anilines is 1. The lowest BCUT2D eigenvalue weighted by Crippen LogP contribution is -2.48. The Morgan fingerprint density at radius 2 is 1.82 bits per heavy atom. The third kappa shape index (κ3) is 2.76. The van der Waals surface area contributed by atoms with E-state index in [0.717, 1.165) is 62.9 Å². The van der Waals surface area contributed by atoms with E-state index in [2.05, 4.69) is 9.88 Å². The summed E-state index contributed by atoms with van der Waals surface area (Å²) in [5.74, 6) is 0.764. The topological polar surface area (TPSA) is 98.8 Å². The van der Waals surface area contributed by atoms with Crippen LogP contribution in [-0.2, 0) is 21.4 Å². The fourth-order valence-corrected chi connectivity index (χ4v) is 5.11. The molecule has 5 rings (SSSR count). The van der Waals surface area contributed by atoms with Gasteiger partial charge in [-0.2, -0.15) is 0 Å². The molecule has 1 aromatic rings. The Morgan fingerprint density at radius 1 is 1.11 bits per heavy atom. The van der Waals surface area contributed by atoms with Gasteiger partial charge in [-0.1, -0.05) is 0 Å². The summed E-state index contributed by atoms with van der Waals surface area (Å²) < 4.78 is 5.41. The second kappa shape index (κ2) is 6.56. The minimum absolute atomic E-state index is 0.0147. The standard InChI is InChI=1S/C20H28N4O4/c25-13-20(3-4-20)17(27)23-7-5-19(6-8-23)2-1-14-15(19)21-18(22-16(14)26)24-9-11-28-12-10-24/h25H,1-13H2,(H,21,22,26). The van der Waals surface area contributed by atoms with E-state index in [4.69, 9.17) is 9.72 Å². The number of piperidine rings is 1. The summed E-state index contributed by atoms with van der Waals surface area (Å²) in [6, 6.07) is 0. The fourth-order valence-electron chi connectivity index (χ4n) is 5.11. The van der Waals surface area contributed by atoms with Gasteiger partial charge in [0.2, 0.25) is 11.9 Å². The first-order valence-corrected chi connectivity index (χ1v) is 10.4. The van der Waals surface area contributed by atoms with Gasteiger partial charge >= 0.3 is 0 Å². The summed E-state index contributed by atoms with van der Waals surface area (Å²) in [4.78, 5) is 37.4. The van der Waals surface area contributed by atoms with Gasteiger partial charge in [0.25, 0.3) is 5.56 Å². The molecule has 0 bridgehead atoms. The van der Waals surface area contributed by atoms with E-state index in [1.165, 1.54) is 0 Å². The third-order valence-electron chi connectivity index (χ3n) is 7.29. The van der Waals surface area contributed by atoms with Gasteiger partial charge in [-0.25, -0.2) is 4.98 Å². The summed E-state index contributed by atoms with van der Waals surface area (Å²) in [5.41, 5.74) is 1.16. The molecule has 0 unspecified atom stereocenters. The highest BCUT2D eigenvalue weighted by Crippen LogP contribution is 2.49. The van der Waals surface area contributed by atoms with Crippen LogP contribution >= 0.6 is 0 Å². The molecular formula is C20H28N4O4. The van der Waals surface area contributed by atoms with E-state index in [-0.39, 0.29) is 23.5 Å². The number of hydrogen-bond donors (Lipinski definition) is 2. The molecule has 4 aliphatic rings. The number of nitrogens with zero attached hydrogens (tertiary/aromatic N) is 3. The first-order chi connectivity index (χ1) is 13.6. The molecule has 3 heterocycles. The molecule has 1 amide bonds. The Hall–Kier alpha value is -1.93. The van der Waals surface area contributed by atoms with Crippen molar-refractivity contribution in [3.63, 3.8) is 0 Å². The molecule has 8 nitrogen and oxygen atoms in total. The van der Waals surface area contributed by atoms with Crippen molar-refractivity contribution in [3.05, 3.63) is 21.6 Å². The van der Waals surface area contributed by atoms with E-state index in [9.17, 15) is 14.7 Å². The highest BCUT2D eigenvalue weighted by molar-refractivity contribution is 5.85. The van der Waals surface area contributed by atoms with Crippen LogP contribution in [0, 0.1) is 5.41 Å². The minimum Gasteiger partial charge on any atom is -0.395 e. The number of aromatic nitrogens is 2. The van der Waals surface area contributed by atoms with E-state index in [0.29, 0.717) is 32.3 Å². The molecule has 152 valence electrons. The maximum atomic E-state index is 12.8. The number of rotatable bonds is 3. The molecule has 2 aliphatic heterocycles. The van der Waals surface area contributed by atoms with Crippen molar-refractivity contribution in [1.82, 2.24) is 14.9 Å². The predicted octanol–water partition coefficient (Wildman–Crippen LogP) is 0.185. The van der Waals surface area contributed by atoms with Crippen LogP contribution in [0.5, 0.6) is 0 Å². The molecular weight excluding hydrogens is 360 g/mol. The number of carbonyl (C=O) groups excluding carboxylic acids is 1. The number of amides is 1. The largest absolute Gasteiger partial charge is 0.395 e. The molecule has 2 N–H and O–H groups in total. The summed E-state index contributed by atoms with van der Waals surface area (Å²) in [7, 11) is 0. The predicted molar refractivity (Wildman–Crippen MR) is 102 cm³/mol. The Bertz CT molecular complexity index is 833. The first kappa shape index (κ1) is 18.1. The van der Waals surface area contributed by atoms with Crippen LogP contribution in [0.2, 0.25) is 0 Å². The second-order valence-electron chi connectivity index (χ2n) is 8.83. The quantitative estimate of drug-likeness (QED) is 0.767. The molecule has 2 saturated heterocycles. The number of hydrogen-bond acceptors (Lipinski definition) is 6. The second-order valence-corrected chi connectivity index (χ2v) is 8.83. The van der Waals surface area contributed by atoms with Crippen molar-refractivity contribution in [2.45, 2.75) is 43.9 Å². The van der Waals surface area contributed by atoms with E-state index in [1.54, 1.807) is 0 Å². The summed E-state index contributed by atoms with van der Waals surface area (Å²) in [6.45, 7) is 4.09. The van der Waals surface area contributed by atoms with Gasteiger partial charge in [0.05, 0.1) is 30.9 Å². The zero-order valence-electron chi connectivity index (χ0n) is 16.2. The zero-order valence-corrected chi connectivity index (χ0v) is 16.2. The Morgan fingerprint density at radius 3 is 2.46 bits per heavy atom. The summed E-state index contributed by atoms with van der Waals surface area (Å²) in [6.07, 6.45) is 4.96. The first-order valence-electron chi connectivity index (χ1n) is 10.4. The molecule has 28 heavy (non-hydrogen) atoms. The van der Waals surface area contributed by atoms with Gasteiger partial charge in [-0.3, -0.25) is 14.6 Å². The smallest absolute Gasteiger partial charge is 0.255 e. The van der Waals surface area contributed by atoms with Crippen molar-refractivity contribution in [3.8, 4) is 0 Å². The van der Waals surface area contributed by atoms with Gasteiger partial charge in [-0.05, 0) is 38.5 Å². The van der Waals surface area contributed by atoms with E-state index < -0.39 is 5.41 Å². The van der Waals surface area contributed by atoms with Gasteiger partial charge < -0.3 is 19.6 Å². The lowest BCUT2D eigenvalue weighted by Gasteiger charge is -2.40. The van der Waals surface area contributed by atoms with Crippen LogP contribution < -0.4 is 10.5 Å². The molecule has 8 heteroatoms. The number of likely N-dealkylation sites (tertiary alicyclic amines) is 1. The van der Waals surface area contributed by atoms with Gasteiger partial charge in [0, 0.05) is 37.2 Å². The van der Waals surface area contributed by atoms with Crippen LogP contribution in [-0.4, -0.2) is 71.9 Å². The number of ether oxygens (including phenoxy) is 1. The highest BCUT2D eigenvalue weighted by Gasteiger charge is 2.53. The molecule has 3 fully saturated rings. The van der Waals surface area contributed by atoms with Gasteiger partial charge in [0.1, 0.15) is 0 Å². The van der Waals surface area contributed by atoms with Crippen LogP contribution in [0.25, 0.3) is 0 Å². The number of carbonyl (C=O) groups is 1. The van der Waals surface area contributed by atoms with Crippen LogP contribution in [0.1, 0.15) is 43.4 Å². The molecule has 2 aliphatic carbocycles. The van der Waals surface area contributed by atoms with Crippen molar-refractivity contribution < 1.29 is 14.6 Å². The Balaban J connectivity index is 1.38. The minimum atomic E-state index is -0.503. The van der Waals surface area contributed by atoms with Gasteiger partial charge in [-0.15, -0.1) is 0 Å². The summed E-state index contributed by atoms with van der Waals surface area (Å²) >= 11 is 0. The SMILES string of the molecule is O=C(N1CCC2(CCc3c2nc(N2CCOCC2)[nH]c3=O)CC1)C1(CO)CC1. The third-order valence-corrected chi connectivity index (χ3v) is 7.29. The number of fused-ring (bicyclic) bond motifs is 2. The van der Waals surface area contributed by atoms with E-state index in [1.807, 2.05) is 4.90 Å². The lowest BCUT2D eigenvalue weighted by molar-refractivity contribution is -0.140. The number of aromatic amines is 1. The van der Waals surface area contributed by atoms with Crippen LogP contribution in [0.4, 0.5) is 5.95 Å². The highest BCUT2D eigenvalue weighted by atomic mass is 16.5. The normalized spacial score (nSPS) is 25.0. The molecule has 0 radical (unpaired) electrons. The van der Waals surface area contributed by atoms with Crippen molar-refractivity contribution >= 4 is 11.9 Å². The maximum Gasteiger partial charge on any atom is 0.255 e. The monoisotopic (exact) mass is 388 g/mol. The zero-order chi connectivity index (χ0) is 19.4. The molecule has 1 aromatic heterocycles. The lowest BCUT2D eigenvalue weighted by atomic mass is 9.76. The molecule has 1 saturated carbocycles. The maximum absolute atomic E-state index is 12.8. The average molecular weight is 388 g/mol. The average Bonchev–Trinajstić information content (AvgIpc) is 3.47. The number of aliphatic hydroxyl groups is 1. The number of morpholine rings is 1. The van der Waals surface area contributed by atoms with Crippen molar-refractivity contribution in [1.29, 1.82) is 0 Å². The summed E-state index contributed by atoms with van der Waals surface area (Å²) in [5, 5.41) is 9.57. The fraction of sp³-hybridized carbons (Fsp3) is 0.750. The molecule has 0 atom stereocenters. The number of aliphatic hydroxyl groups excluding tert-OH is 1. The Labute approximate surface area is 163 Å². The molecule has 0 aromatic carbocycles. The van der Waals surface area contributed by atoms with Crippen LogP contribution in [0.15, 0.2) is 4.79 Å². The Kier molecular flexibility index (Phi) is 4.24. The van der Waals surface area contributed by atoms with Crippen molar-refractivity contribution in [2.75, 3.05) is 50.9 Å². The van der Waals surface area contributed by atoms with E-state index >= 15 is 0 Å². The number of H-pyrrole nitrogens is 1.